The third-order valence-corrected chi connectivity index (χ3v) is 3.18. The van der Waals surface area contributed by atoms with Gasteiger partial charge in [0.2, 0.25) is 0 Å². The maximum atomic E-state index is 11.6. The van der Waals surface area contributed by atoms with E-state index in [0.29, 0.717) is 12.0 Å². The molecule has 17 heavy (non-hydrogen) atoms. The number of aromatic amines is 1. The van der Waals surface area contributed by atoms with Gasteiger partial charge in [-0.05, 0) is 19.3 Å². The Morgan fingerprint density at radius 1 is 1.59 bits per heavy atom. The molecule has 1 aliphatic heterocycles. The van der Waals surface area contributed by atoms with E-state index in [2.05, 4.69) is 4.98 Å². The van der Waals surface area contributed by atoms with E-state index in [9.17, 15) is 9.59 Å². The van der Waals surface area contributed by atoms with Crippen LogP contribution in [0, 0.1) is 12.8 Å². The van der Waals surface area contributed by atoms with Crippen molar-refractivity contribution >= 4 is 0 Å². The molecule has 0 bridgehead atoms. The van der Waals surface area contributed by atoms with Crippen LogP contribution in [-0.4, -0.2) is 27.4 Å². The second kappa shape index (κ2) is 4.46. The Morgan fingerprint density at radius 3 is 2.88 bits per heavy atom. The largest absolute Gasteiger partial charge is 0.394 e. The molecule has 0 saturated carbocycles. The average molecular weight is 240 g/mol. The smallest absolute Gasteiger partial charge is 0.330 e. The summed E-state index contributed by atoms with van der Waals surface area (Å²) in [6.07, 6.45) is 1.49. The van der Waals surface area contributed by atoms with Crippen molar-refractivity contribution < 1.29 is 9.84 Å². The van der Waals surface area contributed by atoms with Gasteiger partial charge in [0.1, 0.15) is 6.23 Å². The van der Waals surface area contributed by atoms with Gasteiger partial charge in [0.05, 0.1) is 12.7 Å². The molecule has 0 aromatic carbocycles. The summed E-state index contributed by atoms with van der Waals surface area (Å²) in [5, 5.41) is 9.10. The molecule has 0 spiro atoms. The number of hydrogen-bond acceptors (Lipinski definition) is 4. The molecule has 94 valence electrons. The Bertz CT molecular complexity index is 519. The number of aromatic nitrogens is 2. The van der Waals surface area contributed by atoms with Crippen LogP contribution in [-0.2, 0) is 4.74 Å². The molecule has 2 N–H and O–H groups in total. The minimum absolute atomic E-state index is 0.0608. The highest BCUT2D eigenvalue weighted by Crippen LogP contribution is 2.31. The normalized spacial score (nSPS) is 28.5. The van der Waals surface area contributed by atoms with Crippen molar-refractivity contribution in [3.05, 3.63) is 32.6 Å². The molecule has 2 heterocycles. The van der Waals surface area contributed by atoms with Gasteiger partial charge in [-0.1, -0.05) is 6.92 Å². The Hall–Kier alpha value is -1.40. The van der Waals surface area contributed by atoms with Crippen LogP contribution >= 0.6 is 0 Å². The van der Waals surface area contributed by atoms with Gasteiger partial charge in [0.15, 0.2) is 0 Å². The summed E-state index contributed by atoms with van der Waals surface area (Å²) >= 11 is 0. The van der Waals surface area contributed by atoms with E-state index < -0.39 is 11.9 Å². The SMILES string of the molecule is Cc1cn([C@@H]2C[C@H](C)[C@@H](CO)O2)c(=O)[nH]c1=O. The highest BCUT2D eigenvalue weighted by molar-refractivity contribution is 5.01. The zero-order chi connectivity index (χ0) is 12.6. The van der Waals surface area contributed by atoms with E-state index >= 15 is 0 Å². The van der Waals surface area contributed by atoms with Crippen molar-refractivity contribution in [1.82, 2.24) is 9.55 Å². The van der Waals surface area contributed by atoms with Gasteiger partial charge in [0.25, 0.3) is 5.56 Å². The summed E-state index contributed by atoms with van der Waals surface area (Å²) in [4.78, 5) is 25.1. The maximum Gasteiger partial charge on any atom is 0.330 e. The molecular weight excluding hydrogens is 224 g/mol. The van der Waals surface area contributed by atoms with Crippen molar-refractivity contribution in [2.75, 3.05) is 6.61 Å². The average Bonchev–Trinajstić information content (AvgIpc) is 2.65. The second-order valence-corrected chi connectivity index (χ2v) is 4.50. The number of nitrogens with one attached hydrogen (secondary N) is 1. The van der Waals surface area contributed by atoms with Gasteiger partial charge < -0.3 is 9.84 Å². The molecule has 0 amide bonds. The number of aryl methyl sites for hydroxylation is 1. The molecule has 1 saturated heterocycles. The predicted molar refractivity (Wildman–Crippen MR) is 60.8 cm³/mol. The van der Waals surface area contributed by atoms with Gasteiger partial charge in [0, 0.05) is 11.8 Å². The van der Waals surface area contributed by atoms with Gasteiger partial charge >= 0.3 is 5.69 Å². The molecule has 1 fully saturated rings. The van der Waals surface area contributed by atoms with Crippen molar-refractivity contribution in [1.29, 1.82) is 0 Å². The zero-order valence-electron chi connectivity index (χ0n) is 9.84. The summed E-state index contributed by atoms with van der Waals surface area (Å²) in [5.74, 6) is 0.184. The minimum Gasteiger partial charge on any atom is -0.394 e. The number of aliphatic hydroxyl groups excluding tert-OH is 1. The highest BCUT2D eigenvalue weighted by atomic mass is 16.5. The van der Waals surface area contributed by atoms with Crippen LogP contribution in [0.15, 0.2) is 15.8 Å². The van der Waals surface area contributed by atoms with Gasteiger partial charge in [-0.25, -0.2) is 4.79 Å². The number of hydrogen-bond donors (Lipinski definition) is 2. The first kappa shape index (κ1) is 12.1. The third kappa shape index (κ3) is 2.18. The summed E-state index contributed by atoms with van der Waals surface area (Å²) in [7, 11) is 0. The molecule has 1 aliphatic rings. The van der Waals surface area contributed by atoms with Crippen LogP contribution in [0.5, 0.6) is 0 Å². The Balaban J connectivity index is 2.34. The summed E-state index contributed by atoms with van der Waals surface area (Å²) in [6.45, 7) is 3.54. The third-order valence-electron chi connectivity index (χ3n) is 3.18. The molecule has 6 heteroatoms. The molecule has 2 rings (SSSR count). The van der Waals surface area contributed by atoms with Crippen molar-refractivity contribution in [2.45, 2.75) is 32.6 Å². The van der Waals surface area contributed by atoms with Crippen LogP contribution < -0.4 is 11.2 Å². The summed E-state index contributed by atoms with van der Waals surface area (Å²) in [5.41, 5.74) is -0.388. The lowest BCUT2D eigenvalue weighted by Crippen LogP contribution is -2.33. The highest BCUT2D eigenvalue weighted by Gasteiger charge is 2.33. The lowest BCUT2D eigenvalue weighted by atomic mass is 10.0. The molecule has 1 aromatic rings. The van der Waals surface area contributed by atoms with E-state index in [1.807, 2.05) is 6.92 Å². The number of aliphatic hydroxyl groups is 1. The number of nitrogens with zero attached hydrogens (tertiary/aromatic N) is 1. The van der Waals surface area contributed by atoms with Gasteiger partial charge in [-0.15, -0.1) is 0 Å². The second-order valence-electron chi connectivity index (χ2n) is 4.50. The molecule has 3 atom stereocenters. The van der Waals surface area contributed by atoms with Crippen LogP contribution in [0.4, 0.5) is 0 Å². The first-order chi connectivity index (χ1) is 8.02. The Morgan fingerprint density at radius 2 is 2.29 bits per heavy atom. The van der Waals surface area contributed by atoms with E-state index in [1.165, 1.54) is 10.8 Å². The number of H-pyrrole nitrogens is 1. The summed E-state index contributed by atoms with van der Waals surface area (Å²) in [6, 6.07) is 0. The maximum absolute atomic E-state index is 11.6. The number of ether oxygens (including phenoxy) is 1. The first-order valence-electron chi connectivity index (χ1n) is 5.61. The van der Waals surface area contributed by atoms with Crippen molar-refractivity contribution in [2.24, 2.45) is 5.92 Å². The molecule has 0 aliphatic carbocycles. The lowest BCUT2D eigenvalue weighted by Gasteiger charge is -2.14. The fourth-order valence-corrected chi connectivity index (χ4v) is 2.06. The lowest BCUT2D eigenvalue weighted by molar-refractivity contribution is -0.0313. The van der Waals surface area contributed by atoms with E-state index in [4.69, 9.17) is 9.84 Å². The molecule has 6 nitrogen and oxygen atoms in total. The minimum atomic E-state index is -0.476. The molecule has 0 unspecified atom stereocenters. The Labute approximate surface area is 97.9 Å². The zero-order valence-corrected chi connectivity index (χ0v) is 9.84. The van der Waals surface area contributed by atoms with Crippen LogP contribution in [0.2, 0.25) is 0 Å². The van der Waals surface area contributed by atoms with E-state index in [1.54, 1.807) is 6.92 Å². The topological polar surface area (TPSA) is 84.3 Å². The van der Waals surface area contributed by atoms with Gasteiger partial charge in [-0.3, -0.25) is 14.3 Å². The Kier molecular flexibility index (Phi) is 3.17. The fourth-order valence-electron chi connectivity index (χ4n) is 2.06. The molecular formula is C11H16N2O4. The first-order valence-corrected chi connectivity index (χ1v) is 5.61. The van der Waals surface area contributed by atoms with Crippen LogP contribution in [0.25, 0.3) is 0 Å². The van der Waals surface area contributed by atoms with E-state index in [-0.39, 0.29) is 24.2 Å². The molecule has 0 radical (unpaired) electrons. The summed E-state index contributed by atoms with van der Waals surface area (Å²) < 4.78 is 6.95. The van der Waals surface area contributed by atoms with Crippen LogP contribution in [0.1, 0.15) is 25.1 Å². The monoisotopic (exact) mass is 240 g/mol. The fraction of sp³-hybridized carbons (Fsp3) is 0.636. The van der Waals surface area contributed by atoms with Crippen LogP contribution in [0.3, 0.4) is 0 Å². The molecule has 1 aromatic heterocycles. The van der Waals surface area contributed by atoms with Gasteiger partial charge in [-0.2, -0.15) is 0 Å². The standard InChI is InChI=1S/C11H16N2O4/c1-6-3-9(17-8(6)5-14)13-4-7(2)10(15)12-11(13)16/h4,6,8-9,14H,3,5H2,1-2H3,(H,12,15,16)/t6-,8+,9-/m0/s1. The quantitative estimate of drug-likeness (QED) is 0.747. The van der Waals surface area contributed by atoms with Crippen molar-refractivity contribution in [3.8, 4) is 0 Å². The predicted octanol–water partition coefficient (Wildman–Crippen LogP) is -0.239. The number of rotatable bonds is 2. The van der Waals surface area contributed by atoms with E-state index in [0.717, 1.165) is 0 Å². The van der Waals surface area contributed by atoms with Crippen molar-refractivity contribution in [3.63, 3.8) is 0 Å².